The van der Waals surface area contributed by atoms with Crippen LogP contribution in [0.25, 0.3) is 5.57 Å². The Labute approximate surface area is 118 Å². The second-order valence-electron chi connectivity index (χ2n) is 4.57. The van der Waals surface area contributed by atoms with Gasteiger partial charge in [-0.2, -0.15) is 5.26 Å². The largest absolute Gasteiger partial charge is 0.497 e. The smallest absolute Gasteiger partial charge is 0.307 e. The van der Waals surface area contributed by atoms with Gasteiger partial charge in [-0.05, 0) is 36.1 Å². The second-order valence-corrected chi connectivity index (χ2v) is 4.57. The average molecular weight is 271 g/mol. The number of hydrogen-bond donors (Lipinski definition) is 0. The number of nitriles is 1. The van der Waals surface area contributed by atoms with E-state index in [0.717, 1.165) is 35.3 Å². The standard InChI is InChI=1S/C16H17NO3/c1-3-16(18)20-15(10-17)13-6-4-5-11-7-8-12(19-2)9-14(11)13/h6-9,15H,3-5H2,1-2H3. The van der Waals surface area contributed by atoms with Crippen molar-refractivity contribution in [2.75, 3.05) is 7.11 Å². The van der Waals surface area contributed by atoms with Gasteiger partial charge in [0.25, 0.3) is 0 Å². The van der Waals surface area contributed by atoms with E-state index in [1.807, 2.05) is 24.3 Å². The Bertz CT molecular complexity index is 584. The van der Waals surface area contributed by atoms with Crippen LogP contribution in [0.5, 0.6) is 5.75 Å². The van der Waals surface area contributed by atoms with E-state index < -0.39 is 6.10 Å². The van der Waals surface area contributed by atoms with E-state index >= 15 is 0 Å². The summed E-state index contributed by atoms with van der Waals surface area (Å²) in [5.74, 6) is 0.363. The third-order valence-corrected chi connectivity index (χ3v) is 3.34. The van der Waals surface area contributed by atoms with Crippen molar-refractivity contribution in [1.29, 1.82) is 5.26 Å². The number of carbonyl (C=O) groups excluding carboxylic acids is 1. The maximum atomic E-state index is 11.4. The molecule has 0 N–H and O–H groups in total. The Morgan fingerprint density at radius 2 is 2.30 bits per heavy atom. The molecule has 0 heterocycles. The van der Waals surface area contributed by atoms with Gasteiger partial charge in [0.1, 0.15) is 11.8 Å². The molecule has 0 fully saturated rings. The molecule has 4 nitrogen and oxygen atoms in total. The number of carbonyl (C=O) groups is 1. The number of rotatable bonds is 4. The van der Waals surface area contributed by atoms with Crippen molar-refractivity contribution < 1.29 is 14.3 Å². The minimum Gasteiger partial charge on any atom is -0.497 e. The summed E-state index contributed by atoms with van der Waals surface area (Å²) in [5.41, 5.74) is 2.84. The number of ether oxygens (including phenoxy) is 2. The lowest BCUT2D eigenvalue weighted by Crippen LogP contribution is -2.19. The highest BCUT2D eigenvalue weighted by Crippen LogP contribution is 2.32. The molecule has 0 saturated carbocycles. The molecule has 1 aliphatic rings. The molecule has 0 aromatic heterocycles. The molecule has 1 aromatic carbocycles. The molecule has 1 unspecified atom stereocenters. The number of fused-ring (bicyclic) bond motifs is 1. The Hall–Kier alpha value is -2.28. The topological polar surface area (TPSA) is 59.3 Å². The van der Waals surface area contributed by atoms with Crippen LogP contribution < -0.4 is 4.74 Å². The summed E-state index contributed by atoms with van der Waals surface area (Å²) < 4.78 is 10.4. The predicted octanol–water partition coefficient (Wildman–Crippen LogP) is 2.87. The number of esters is 1. The fourth-order valence-electron chi connectivity index (χ4n) is 2.28. The first kappa shape index (κ1) is 14.1. The molecule has 0 spiro atoms. The van der Waals surface area contributed by atoms with E-state index in [0.29, 0.717) is 0 Å². The van der Waals surface area contributed by atoms with Crippen molar-refractivity contribution in [3.8, 4) is 11.8 Å². The second kappa shape index (κ2) is 6.25. The quantitative estimate of drug-likeness (QED) is 0.790. The third kappa shape index (κ3) is 2.83. The van der Waals surface area contributed by atoms with Gasteiger partial charge >= 0.3 is 5.97 Å². The molecular weight excluding hydrogens is 254 g/mol. The lowest BCUT2D eigenvalue weighted by molar-refractivity contribution is -0.144. The Balaban J connectivity index is 2.36. The predicted molar refractivity (Wildman–Crippen MR) is 75.1 cm³/mol. The summed E-state index contributed by atoms with van der Waals surface area (Å²) in [6.07, 6.45) is 3.14. The van der Waals surface area contributed by atoms with Gasteiger partial charge in [-0.15, -0.1) is 0 Å². The van der Waals surface area contributed by atoms with E-state index in [1.165, 1.54) is 0 Å². The van der Waals surface area contributed by atoms with Gasteiger partial charge in [-0.3, -0.25) is 4.79 Å². The number of aryl methyl sites for hydroxylation is 1. The SMILES string of the molecule is CCC(=O)OC(C#N)C1=CCCc2ccc(OC)cc21. The zero-order valence-electron chi connectivity index (χ0n) is 11.7. The van der Waals surface area contributed by atoms with Crippen molar-refractivity contribution in [2.45, 2.75) is 32.3 Å². The summed E-state index contributed by atoms with van der Waals surface area (Å²) in [6.45, 7) is 1.71. The molecule has 1 aliphatic carbocycles. The Morgan fingerprint density at radius 3 is 2.95 bits per heavy atom. The number of benzene rings is 1. The van der Waals surface area contributed by atoms with Gasteiger partial charge < -0.3 is 9.47 Å². The van der Waals surface area contributed by atoms with Crippen molar-refractivity contribution >= 4 is 11.5 Å². The molecule has 0 bridgehead atoms. The van der Waals surface area contributed by atoms with Gasteiger partial charge in [-0.1, -0.05) is 19.1 Å². The minimum absolute atomic E-state index is 0.260. The first-order chi connectivity index (χ1) is 9.69. The van der Waals surface area contributed by atoms with Crippen LogP contribution in [0.2, 0.25) is 0 Å². The monoisotopic (exact) mass is 271 g/mol. The van der Waals surface area contributed by atoms with E-state index in [9.17, 15) is 10.1 Å². The highest BCUT2D eigenvalue weighted by atomic mass is 16.5. The number of methoxy groups -OCH3 is 1. The van der Waals surface area contributed by atoms with Crippen LogP contribution in [0.3, 0.4) is 0 Å². The fourth-order valence-corrected chi connectivity index (χ4v) is 2.28. The zero-order chi connectivity index (χ0) is 14.5. The van der Waals surface area contributed by atoms with Crippen LogP contribution in [-0.2, 0) is 16.0 Å². The van der Waals surface area contributed by atoms with Crippen LogP contribution in [-0.4, -0.2) is 19.2 Å². The molecular formula is C16H17NO3. The summed E-state index contributed by atoms with van der Waals surface area (Å²) >= 11 is 0. The molecule has 20 heavy (non-hydrogen) atoms. The van der Waals surface area contributed by atoms with Crippen molar-refractivity contribution in [3.63, 3.8) is 0 Å². The fraction of sp³-hybridized carbons (Fsp3) is 0.375. The van der Waals surface area contributed by atoms with Crippen LogP contribution >= 0.6 is 0 Å². The molecule has 4 heteroatoms. The van der Waals surface area contributed by atoms with Crippen LogP contribution in [0.4, 0.5) is 0 Å². The van der Waals surface area contributed by atoms with E-state index in [1.54, 1.807) is 14.0 Å². The molecule has 1 atom stereocenters. The third-order valence-electron chi connectivity index (χ3n) is 3.34. The minimum atomic E-state index is -0.853. The van der Waals surface area contributed by atoms with E-state index in [4.69, 9.17) is 9.47 Å². The van der Waals surface area contributed by atoms with Crippen molar-refractivity contribution in [2.24, 2.45) is 0 Å². The molecule has 0 aliphatic heterocycles. The lowest BCUT2D eigenvalue weighted by Gasteiger charge is -2.22. The van der Waals surface area contributed by atoms with E-state index in [-0.39, 0.29) is 12.4 Å². The Morgan fingerprint density at radius 1 is 1.50 bits per heavy atom. The first-order valence-corrected chi connectivity index (χ1v) is 6.66. The highest BCUT2D eigenvalue weighted by molar-refractivity contribution is 5.79. The number of nitrogens with zero attached hydrogens (tertiary/aromatic N) is 1. The molecule has 104 valence electrons. The summed E-state index contributed by atoms with van der Waals surface area (Å²) in [7, 11) is 1.60. The van der Waals surface area contributed by atoms with Crippen LogP contribution in [0, 0.1) is 11.3 Å². The summed E-state index contributed by atoms with van der Waals surface area (Å²) in [6, 6.07) is 7.86. The van der Waals surface area contributed by atoms with Gasteiger partial charge in [0.15, 0.2) is 0 Å². The lowest BCUT2D eigenvalue weighted by atomic mass is 9.88. The maximum absolute atomic E-state index is 11.4. The highest BCUT2D eigenvalue weighted by Gasteiger charge is 2.24. The van der Waals surface area contributed by atoms with Crippen LogP contribution in [0.1, 0.15) is 30.9 Å². The first-order valence-electron chi connectivity index (χ1n) is 6.66. The van der Waals surface area contributed by atoms with Crippen molar-refractivity contribution in [3.05, 3.63) is 35.4 Å². The maximum Gasteiger partial charge on any atom is 0.307 e. The molecule has 1 aromatic rings. The van der Waals surface area contributed by atoms with E-state index in [2.05, 4.69) is 6.07 Å². The molecule has 0 radical (unpaired) electrons. The van der Waals surface area contributed by atoms with Gasteiger partial charge in [0.05, 0.1) is 7.11 Å². The van der Waals surface area contributed by atoms with Crippen molar-refractivity contribution in [1.82, 2.24) is 0 Å². The average Bonchev–Trinajstić information content (AvgIpc) is 2.51. The zero-order valence-corrected chi connectivity index (χ0v) is 11.7. The molecule has 0 saturated heterocycles. The van der Waals surface area contributed by atoms with Crippen LogP contribution in [0.15, 0.2) is 24.3 Å². The van der Waals surface area contributed by atoms with Gasteiger partial charge in [0.2, 0.25) is 6.10 Å². The Kier molecular flexibility index (Phi) is 4.41. The summed E-state index contributed by atoms with van der Waals surface area (Å²) in [4.78, 5) is 11.4. The summed E-state index contributed by atoms with van der Waals surface area (Å²) in [5, 5.41) is 9.28. The molecule has 2 rings (SSSR count). The van der Waals surface area contributed by atoms with Gasteiger partial charge in [0, 0.05) is 12.0 Å². The molecule has 0 amide bonds. The van der Waals surface area contributed by atoms with Gasteiger partial charge in [-0.25, -0.2) is 0 Å². The number of allylic oxidation sites excluding steroid dienone is 1. The number of hydrogen-bond acceptors (Lipinski definition) is 4. The normalized spacial score (nSPS) is 14.6.